The van der Waals surface area contributed by atoms with Gasteiger partial charge in [0.05, 0.1) is 17.3 Å². The molecule has 0 spiro atoms. The highest BCUT2D eigenvalue weighted by atomic mass is 32.2. The zero-order valence-electron chi connectivity index (χ0n) is 30.3. The van der Waals surface area contributed by atoms with Crippen molar-refractivity contribution < 1.29 is 32.4 Å². The smallest absolute Gasteiger partial charge is 0.315 e. The number of hydrogen-bond acceptors (Lipinski definition) is 7. The Balaban J connectivity index is 1.57. The van der Waals surface area contributed by atoms with Crippen molar-refractivity contribution in [3.05, 3.63) is 0 Å². The number of amides is 5. The highest BCUT2D eigenvalue weighted by molar-refractivity contribution is 7.89. The molecule has 5 atom stereocenters. The van der Waals surface area contributed by atoms with E-state index < -0.39 is 57.3 Å². The Morgan fingerprint density at radius 2 is 1.51 bits per heavy atom. The van der Waals surface area contributed by atoms with Gasteiger partial charge in [-0.1, -0.05) is 85.0 Å². The average molecular weight is 709 g/mol. The Morgan fingerprint density at radius 1 is 0.918 bits per heavy atom. The van der Waals surface area contributed by atoms with E-state index in [4.69, 9.17) is 0 Å². The van der Waals surface area contributed by atoms with Gasteiger partial charge >= 0.3 is 6.03 Å². The normalized spacial score (nSPS) is 29.3. The van der Waals surface area contributed by atoms with Gasteiger partial charge in [-0.05, 0) is 49.4 Å². The van der Waals surface area contributed by atoms with E-state index in [-0.39, 0.29) is 28.9 Å². The summed E-state index contributed by atoms with van der Waals surface area (Å²) in [5.41, 5.74) is -1.12. The van der Waals surface area contributed by atoms with Crippen LogP contribution in [0, 0.1) is 17.3 Å². The van der Waals surface area contributed by atoms with Crippen LogP contribution in [0.15, 0.2) is 0 Å². The van der Waals surface area contributed by atoms with E-state index in [2.05, 4.69) is 35.1 Å². The van der Waals surface area contributed by atoms with Crippen molar-refractivity contribution in [2.24, 2.45) is 17.3 Å². The third-order valence-corrected chi connectivity index (χ3v) is 13.5. The number of rotatable bonds is 9. The molecule has 5 amide bonds. The van der Waals surface area contributed by atoms with Crippen LogP contribution in [0.4, 0.5) is 4.79 Å². The van der Waals surface area contributed by atoms with Crippen LogP contribution in [0.3, 0.4) is 0 Å². The topological polar surface area (TPSA) is 174 Å². The molecule has 0 radical (unpaired) electrons. The first kappa shape index (κ1) is 39.1. The zero-order valence-corrected chi connectivity index (χ0v) is 31.1. The quantitative estimate of drug-likeness (QED) is 0.267. The van der Waals surface area contributed by atoms with Gasteiger partial charge in [0.2, 0.25) is 27.6 Å². The van der Waals surface area contributed by atoms with E-state index in [1.165, 1.54) is 18.4 Å². The third kappa shape index (κ3) is 9.53. The van der Waals surface area contributed by atoms with E-state index in [9.17, 15) is 32.4 Å². The van der Waals surface area contributed by atoms with Gasteiger partial charge in [-0.25, -0.2) is 17.5 Å². The van der Waals surface area contributed by atoms with Crippen molar-refractivity contribution in [3.63, 3.8) is 0 Å². The summed E-state index contributed by atoms with van der Waals surface area (Å²) in [6.07, 6.45) is 11.0. The van der Waals surface area contributed by atoms with Gasteiger partial charge in [0.15, 0.2) is 0 Å². The number of nitrogens with zero attached hydrogens (tertiary/aromatic N) is 2. The van der Waals surface area contributed by atoms with Crippen molar-refractivity contribution in [2.45, 2.75) is 141 Å². The van der Waals surface area contributed by atoms with Crippen LogP contribution in [-0.2, 0) is 29.2 Å². The second kappa shape index (κ2) is 16.5. The molecule has 0 aromatic heterocycles. The largest absolute Gasteiger partial charge is 0.349 e. The van der Waals surface area contributed by atoms with Gasteiger partial charge in [-0.3, -0.25) is 19.2 Å². The van der Waals surface area contributed by atoms with Crippen LogP contribution >= 0.6 is 0 Å². The lowest BCUT2D eigenvalue weighted by Crippen LogP contribution is -2.62. The molecule has 2 aliphatic heterocycles. The van der Waals surface area contributed by atoms with Gasteiger partial charge in [-0.2, -0.15) is 0 Å². The Labute approximate surface area is 292 Å². The van der Waals surface area contributed by atoms with E-state index in [1.54, 1.807) is 4.90 Å². The Bertz CT molecular complexity index is 1330. The predicted octanol–water partition coefficient (Wildman–Crippen LogP) is 2.84. The summed E-state index contributed by atoms with van der Waals surface area (Å²) in [5.74, 6) is -2.43. The second-order valence-electron chi connectivity index (χ2n) is 15.7. The predicted molar refractivity (Wildman–Crippen MR) is 187 cm³/mol. The number of piperidine rings is 1. The molecule has 2 heterocycles. The Hall–Kier alpha value is -2.74. The average Bonchev–Trinajstić information content (AvgIpc) is 3.34. The van der Waals surface area contributed by atoms with Crippen molar-refractivity contribution in [1.29, 1.82) is 0 Å². The van der Waals surface area contributed by atoms with Gasteiger partial charge < -0.3 is 26.2 Å². The third-order valence-electron chi connectivity index (χ3n) is 11.4. The molecule has 2 saturated heterocycles. The van der Waals surface area contributed by atoms with Crippen LogP contribution in [0.5, 0.6) is 0 Å². The van der Waals surface area contributed by atoms with Crippen molar-refractivity contribution >= 4 is 39.6 Å². The molecule has 0 aromatic rings. The number of carbonyl (C=O) groups excluding carboxylic acids is 5. The lowest BCUT2D eigenvalue weighted by atomic mass is 9.83. The molecular weight excluding hydrogens is 648 g/mol. The first-order chi connectivity index (χ1) is 23.1. The highest BCUT2D eigenvalue weighted by Gasteiger charge is 2.69. The Morgan fingerprint density at radius 3 is 2.12 bits per heavy atom. The van der Waals surface area contributed by atoms with Crippen LogP contribution < -0.4 is 21.3 Å². The van der Waals surface area contributed by atoms with E-state index in [0.717, 1.165) is 51.4 Å². The number of carbonyl (C=O) groups is 5. The fourth-order valence-corrected chi connectivity index (χ4v) is 9.63. The first-order valence-corrected chi connectivity index (χ1v) is 20.2. The number of fused-ring (bicyclic) bond motifs is 3. The summed E-state index contributed by atoms with van der Waals surface area (Å²) in [7, 11) is -0.647. The highest BCUT2D eigenvalue weighted by Crippen LogP contribution is 2.65. The molecule has 278 valence electrons. The van der Waals surface area contributed by atoms with Crippen LogP contribution in [0.2, 0.25) is 0 Å². The molecule has 0 aromatic carbocycles. The van der Waals surface area contributed by atoms with Crippen molar-refractivity contribution in [3.8, 4) is 0 Å². The fourth-order valence-electron chi connectivity index (χ4n) is 8.31. The van der Waals surface area contributed by atoms with E-state index in [0.29, 0.717) is 58.0 Å². The molecule has 13 nitrogen and oxygen atoms in total. The number of hydrogen-bond donors (Lipinski definition) is 4. The maximum absolute atomic E-state index is 14.4. The lowest BCUT2D eigenvalue weighted by Gasteiger charge is -2.39. The standard InChI is InChI=1S/C35H60N6O7S/c1-6-21-36-31(44)29(42)25-17-13-10-8-7-9-11-14-18-26(32(45)41-22-24-27(34(24,2)3)28(41)30(43)37-25)38-33(46)39-35(19-15-12-16-20-35)23-49(47,48)40(4)5/h24-28H,6-23H2,1-5H3,(H,36,44)(H,37,43)(H2,38,39,46)/t24-,25-,26-,27-,28-/m0/s1. The lowest BCUT2D eigenvalue weighted by molar-refractivity contribution is -0.144. The summed E-state index contributed by atoms with van der Waals surface area (Å²) in [6, 6.07) is -3.32. The molecule has 49 heavy (non-hydrogen) atoms. The van der Waals surface area contributed by atoms with E-state index in [1.807, 2.05) is 6.92 Å². The monoisotopic (exact) mass is 708 g/mol. The van der Waals surface area contributed by atoms with Gasteiger partial charge in [0.1, 0.15) is 12.1 Å². The second-order valence-corrected chi connectivity index (χ2v) is 17.8. The molecule has 2 saturated carbocycles. The van der Waals surface area contributed by atoms with Crippen LogP contribution in [0.1, 0.15) is 117 Å². The molecule has 0 unspecified atom stereocenters. The summed E-state index contributed by atoms with van der Waals surface area (Å²) in [6.45, 7) is 6.77. The van der Waals surface area contributed by atoms with Gasteiger partial charge in [0.25, 0.3) is 5.91 Å². The van der Waals surface area contributed by atoms with Gasteiger partial charge in [0, 0.05) is 27.2 Å². The fraction of sp³-hybridized carbons (Fsp3) is 0.857. The number of Topliss-reactive ketones (excluding diaryl/α,β-unsaturated/α-hetero) is 1. The summed E-state index contributed by atoms with van der Waals surface area (Å²) >= 11 is 0. The van der Waals surface area contributed by atoms with Gasteiger partial charge in [-0.15, -0.1) is 0 Å². The molecule has 4 N–H and O–H groups in total. The molecule has 4 fully saturated rings. The summed E-state index contributed by atoms with van der Waals surface area (Å²) < 4.78 is 27.1. The minimum atomic E-state index is -3.61. The molecule has 4 rings (SSSR count). The summed E-state index contributed by atoms with van der Waals surface area (Å²) in [5, 5.41) is 11.4. The number of urea groups is 1. The molecule has 0 bridgehead atoms. The molecule has 14 heteroatoms. The maximum atomic E-state index is 14.4. The maximum Gasteiger partial charge on any atom is 0.315 e. The first-order valence-electron chi connectivity index (χ1n) is 18.6. The van der Waals surface area contributed by atoms with Crippen molar-refractivity contribution in [2.75, 3.05) is 32.9 Å². The molecule has 2 aliphatic carbocycles. The van der Waals surface area contributed by atoms with Crippen LogP contribution in [-0.4, -0.2) is 104 Å². The van der Waals surface area contributed by atoms with E-state index >= 15 is 0 Å². The number of nitrogens with one attached hydrogen (secondary N) is 4. The number of sulfonamides is 1. The minimum Gasteiger partial charge on any atom is -0.349 e. The minimum absolute atomic E-state index is 0.0903. The molecular formula is C35H60N6O7S. The SMILES string of the molecule is CCCNC(=O)C(=O)[C@@H]1CCCCCCCCC[C@H](NC(=O)NC2(CS(=O)(=O)N(C)C)CCCCC2)C(=O)N2C[C@H]3[C@@H]([C@H]2C(=O)N1)C3(C)C. The van der Waals surface area contributed by atoms with Crippen molar-refractivity contribution in [1.82, 2.24) is 30.5 Å². The zero-order chi connectivity index (χ0) is 36.0. The summed E-state index contributed by atoms with van der Waals surface area (Å²) in [4.78, 5) is 69.6. The Kier molecular flexibility index (Phi) is 13.2. The number of ketones is 1. The van der Waals surface area contributed by atoms with Crippen LogP contribution in [0.25, 0.3) is 0 Å². The molecule has 4 aliphatic rings.